The molecule has 1 atom stereocenters. The number of aromatic nitrogens is 2. The second-order valence-corrected chi connectivity index (χ2v) is 5.74. The van der Waals surface area contributed by atoms with Crippen LogP contribution in [-0.4, -0.2) is 41.1 Å². The summed E-state index contributed by atoms with van der Waals surface area (Å²) >= 11 is 3.50. The molecule has 19 heavy (non-hydrogen) atoms. The van der Waals surface area contributed by atoms with Crippen LogP contribution in [0.1, 0.15) is 49.9 Å². The van der Waals surface area contributed by atoms with Crippen molar-refractivity contribution in [3.05, 3.63) is 23.3 Å². The summed E-state index contributed by atoms with van der Waals surface area (Å²) in [5.41, 5.74) is 2.29. The van der Waals surface area contributed by atoms with Gasteiger partial charge < -0.3 is 4.74 Å². The lowest BCUT2D eigenvalue weighted by Gasteiger charge is -2.31. The molecule has 1 fully saturated rings. The molecule has 106 valence electrons. The van der Waals surface area contributed by atoms with E-state index in [1.165, 1.54) is 5.56 Å². The number of hydrogen-bond acceptors (Lipinski definition) is 4. The van der Waals surface area contributed by atoms with Crippen molar-refractivity contribution in [2.24, 2.45) is 0 Å². The molecule has 0 aliphatic carbocycles. The summed E-state index contributed by atoms with van der Waals surface area (Å²) in [6.07, 6.45) is 1.94. The number of hydrogen-bond donors (Lipinski definition) is 0. The topological polar surface area (TPSA) is 38.2 Å². The van der Waals surface area contributed by atoms with Crippen molar-refractivity contribution < 1.29 is 4.74 Å². The van der Waals surface area contributed by atoms with E-state index in [1.54, 1.807) is 0 Å². The van der Waals surface area contributed by atoms with Crippen LogP contribution in [0.2, 0.25) is 0 Å². The first-order chi connectivity index (χ1) is 9.15. The lowest BCUT2D eigenvalue weighted by Crippen LogP contribution is -2.38. The fraction of sp³-hybridized carbons (Fsp3) is 0.714. The zero-order valence-corrected chi connectivity index (χ0v) is 13.5. The van der Waals surface area contributed by atoms with Gasteiger partial charge in [0.25, 0.3) is 0 Å². The van der Waals surface area contributed by atoms with Crippen molar-refractivity contribution in [1.82, 2.24) is 14.9 Å². The van der Waals surface area contributed by atoms with E-state index in [4.69, 9.17) is 9.72 Å². The van der Waals surface area contributed by atoms with Gasteiger partial charge >= 0.3 is 0 Å². The Hall–Kier alpha value is -0.520. The Morgan fingerprint density at radius 2 is 2.32 bits per heavy atom. The molecule has 2 heterocycles. The zero-order chi connectivity index (χ0) is 13.8. The molecule has 1 aromatic heterocycles. The van der Waals surface area contributed by atoms with E-state index < -0.39 is 0 Å². The molecule has 2 rings (SSSR count). The molecular weight excluding hydrogens is 306 g/mol. The largest absolute Gasteiger partial charge is 0.368 e. The van der Waals surface area contributed by atoms with Crippen LogP contribution in [0.5, 0.6) is 0 Å². The van der Waals surface area contributed by atoms with Gasteiger partial charge in [-0.2, -0.15) is 0 Å². The molecule has 1 unspecified atom stereocenters. The van der Waals surface area contributed by atoms with Gasteiger partial charge in [-0.3, -0.25) is 4.90 Å². The highest BCUT2D eigenvalue weighted by molar-refractivity contribution is 9.08. The van der Waals surface area contributed by atoms with Gasteiger partial charge in [0.15, 0.2) is 5.82 Å². The number of alkyl halides is 1. The van der Waals surface area contributed by atoms with Crippen LogP contribution in [0, 0.1) is 0 Å². The normalized spacial score (nSPS) is 21.0. The molecule has 0 spiro atoms. The summed E-state index contributed by atoms with van der Waals surface area (Å²) in [6, 6.07) is 0. The van der Waals surface area contributed by atoms with Crippen LogP contribution >= 0.6 is 15.9 Å². The van der Waals surface area contributed by atoms with Crippen LogP contribution in [-0.2, 0) is 10.1 Å². The van der Waals surface area contributed by atoms with Crippen molar-refractivity contribution in [3.63, 3.8) is 0 Å². The van der Waals surface area contributed by atoms with Crippen molar-refractivity contribution in [1.29, 1.82) is 0 Å². The molecule has 1 aliphatic rings. The second-order valence-electron chi connectivity index (χ2n) is 5.18. The predicted molar refractivity (Wildman–Crippen MR) is 79.6 cm³/mol. The number of likely N-dealkylation sites (N-methyl/N-ethyl adjacent to an activating group) is 1. The third-order valence-electron chi connectivity index (χ3n) is 3.49. The van der Waals surface area contributed by atoms with Gasteiger partial charge in [-0.1, -0.05) is 36.7 Å². The quantitative estimate of drug-likeness (QED) is 0.797. The number of halogens is 1. The zero-order valence-electron chi connectivity index (χ0n) is 11.9. The first-order valence-electron chi connectivity index (χ1n) is 6.91. The van der Waals surface area contributed by atoms with E-state index in [2.05, 4.69) is 46.6 Å². The number of nitrogens with zero attached hydrogens (tertiary/aromatic N) is 3. The van der Waals surface area contributed by atoms with Crippen LogP contribution in [0.25, 0.3) is 0 Å². The average molecular weight is 328 g/mol. The second kappa shape index (κ2) is 6.77. The van der Waals surface area contributed by atoms with Crippen LogP contribution in [0.15, 0.2) is 6.20 Å². The van der Waals surface area contributed by atoms with Gasteiger partial charge in [0, 0.05) is 30.2 Å². The molecule has 0 amide bonds. The lowest BCUT2D eigenvalue weighted by molar-refractivity contribution is -0.0327. The smallest absolute Gasteiger partial charge is 0.158 e. The maximum Gasteiger partial charge on any atom is 0.158 e. The standard InChI is InChI=1S/C14H22BrN3O/c1-4-18-5-6-19-12(9-18)14-16-8-11(7-15)13(17-14)10(2)3/h8,10,12H,4-7,9H2,1-3H3. The molecule has 0 aromatic carbocycles. The summed E-state index contributed by atoms with van der Waals surface area (Å²) in [7, 11) is 0. The SMILES string of the molecule is CCN1CCOC(c2ncc(CBr)c(C(C)C)n2)C1. The van der Waals surface area contributed by atoms with Crippen molar-refractivity contribution in [2.45, 2.75) is 38.1 Å². The van der Waals surface area contributed by atoms with E-state index in [0.717, 1.165) is 43.1 Å². The molecule has 0 radical (unpaired) electrons. The van der Waals surface area contributed by atoms with Crippen molar-refractivity contribution in [2.75, 3.05) is 26.2 Å². The van der Waals surface area contributed by atoms with Gasteiger partial charge in [-0.25, -0.2) is 9.97 Å². The Balaban J connectivity index is 2.22. The summed E-state index contributed by atoms with van der Waals surface area (Å²) < 4.78 is 5.83. The summed E-state index contributed by atoms with van der Waals surface area (Å²) in [6.45, 7) is 10.2. The summed E-state index contributed by atoms with van der Waals surface area (Å²) in [5.74, 6) is 1.23. The molecular formula is C14H22BrN3O. The molecule has 0 N–H and O–H groups in total. The highest BCUT2D eigenvalue weighted by atomic mass is 79.9. The maximum absolute atomic E-state index is 5.83. The van der Waals surface area contributed by atoms with Gasteiger partial charge in [-0.05, 0) is 12.5 Å². The molecule has 1 aromatic rings. The van der Waals surface area contributed by atoms with E-state index in [0.29, 0.717) is 5.92 Å². The average Bonchev–Trinajstić information content (AvgIpc) is 2.46. The molecule has 1 saturated heterocycles. The third kappa shape index (κ3) is 3.52. The van der Waals surface area contributed by atoms with Crippen molar-refractivity contribution in [3.8, 4) is 0 Å². The van der Waals surface area contributed by atoms with Crippen LogP contribution in [0.4, 0.5) is 0 Å². The predicted octanol–water partition coefficient (Wildman–Crippen LogP) is 2.89. The van der Waals surface area contributed by atoms with E-state index in [-0.39, 0.29) is 6.10 Å². The third-order valence-corrected chi connectivity index (χ3v) is 4.10. The van der Waals surface area contributed by atoms with Gasteiger partial charge in [-0.15, -0.1) is 0 Å². The molecule has 5 heteroatoms. The fourth-order valence-corrected chi connectivity index (χ4v) is 2.77. The minimum atomic E-state index is 0.00979. The molecule has 4 nitrogen and oxygen atoms in total. The number of ether oxygens (including phenoxy) is 1. The van der Waals surface area contributed by atoms with Crippen LogP contribution < -0.4 is 0 Å². The van der Waals surface area contributed by atoms with E-state index in [1.807, 2.05) is 6.20 Å². The van der Waals surface area contributed by atoms with Gasteiger partial charge in [0.2, 0.25) is 0 Å². The number of rotatable bonds is 4. The van der Waals surface area contributed by atoms with E-state index in [9.17, 15) is 0 Å². The minimum absolute atomic E-state index is 0.00979. The molecule has 1 aliphatic heterocycles. The minimum Gasteiger partial charge on any atom is -0.368 e. The first kappa shape index (κ1) is 14.9. The summed E-state index contributed by atoms with van der Waals surface area (Å²) in [4.78, 5) is 11.6. The number of morpholine rings is 1. The Bertz CT molecular complexity index is 425. The Labute approximate surface area is 123 Å². The molecule has 0 saturated carbocycles. The Morgan fingerprint density at radius 3 is 2.95 bits per heavy atom. The van der Waals surface area contributed by atoms with Crippen molar-refractivity contribution >= 4 is 15.9 Å². The van der Waals surface area contributed by atoms with Crippen LogP contribution in [0.3, 0.4) is 0 Å². The molecule has 0 bridgehead atoms. The maximum atomic E-state index is 5.83. The highest BCUT2D eigenvalue weighted by Crippen LogP contribution is 2.24. The monoisotopic (exact) mass is 327 g/mol. The Kier molecular flexibility index (Phi) is 5.30. The first-order valence-corrected chi connectivity index (χ1v) is 8.03. The highest BCUT2D eigenvalue weighted by Gasteiger charge is 2.24. The fourth-order valence-electron chi connectivity index (χ4n) is 2.34. The van der Waals surface area contributed by atoms with Gasteiger partial charge in [0.05, 0.1) is 12.3 Å². The lowest BCUT2D eigenvalue weighted by atomic mass is 10.1. The van der Waals surface area contributed by atoms with E-state index >= 15 is 0 Å². The Morgan fingerprint density at radius 1 is 1.53 bits per heavy atom. The van der Waals surface area contributed by atoms with Gasteiger partial charge in [0.1, 0.15) is 6.10 Å². The summed E-state index contributed by atoms with van der Waals surface area (Å²) in [5, 5.41) is 0.799.